The van der Waals surface area contributed by atoms with Gasteiger partial charge in [-0.15, -0.1) is 0 Å². The number of likely N-dealkylation sites (N-methyl/N-ethyl adjacent to an activating group) is 1. The Balaban J connectivity index is 2.02. The molecule has 1 aromatic heterocycles. The minimum atomic E-state index is 0.461. The molecule has 1 saturated heterocycles. The lowest BCUT2D eigenvalue weighted by atomic mass is 10.1. The summed E-state index contributed by atoms with van der Waals surface area (Å²) in [5.41, 5.74) is 5.78. The molecule has 1 atom stereocenters. The van der Waals surface area contributed by atoms with Gasteiger partial charge in [0.2, 0.25) is 0 Å². The van der Waals surface area contributed by atoms with E-state index in [-0.39, 0.29) is 0 Å². The molecule has 1 aliphatic rings. The van der Waals surface area contributed by atoms with Crippen molar-refractivity contribution in [1.82, 2.24) is 14.9 Å². The third-order valence-corrected chi connectivity index (χ3v) is 3.76. The molecular weight excluding hydrogens is 246 g/mol. The van der Waals surface area contributed by atoms with Gasteiger partial charge in [-0.25, -0.2) is 9.97 Å². The maximum Gasteiger partial charge on any atom is 0.191 e. The van der Waals surface area contributed by atoms with Crippen molar-refractivity contribution in [3.8, 4) is 0 Å². The van der Waals surface area contributed by atoms with Crippen molar-refractivity contribution in [1.29, 1.82) is 0 Å². The van der Waals surface area contributed by atoms with Gasteiger partial charge in [-0.3, -0.25) is 0 Å². The van der Waals surface area contributed by atoms with Gasteiger partial charge in [0.25, 0.3) is 0 Å². The molecule has 2 heterocycles. The summed E-state index contributed by atoms with van der Waals surface area (Å²) >= 11 is 1.51. The van der Waals surface area contributed by atoms with Crippen LogP contribution in [0.5, 0.6) is 0 Å². The topological polar surface area (TPSA) is 67.1 Å². The van der Waals surface area contributed by atoms with Crippen LogP contribution in [0.3, 0.4) is 0 Å². The van der Waals surface area contributed by atoms with E-state index in [9.17, 15) is 0 Å². The van der Waals surface area contributed by atoms with Gasteiger partial charge in [0, 0.05) is 18.7 Å². The van der Waals surface area contributed by atoms with Gasteiger partial charge in [0.15, 0.2) is 5.16 Å². The SMILES string of the molecule is CCN1CCCC(Nc2cc(N)nc(SC)n2)C1. The first-order chi connectivity index (χ1) is 8.71. The summed E-state index contributed by atoms with van der Waals surface area (Å²) in [5, 5.41) is 4.20. The second-order valence-corrected chi connectivity index (χ2v) is 5.31. The standard InChI is InChI=1S/C12H21N5S/c1-3-17-6-4-5-9(8-17)14-11-7-10(13)15-12(16-11)18-2/h7,9H,3-6,8H2,1-2H3,(H3,13,14,15,16). The number of nitrogens with two attached hydrogens (primary N) is 1. The highest BCUT2D eigenvalue weighted by atomic mass is 32.2. The highest BCUT2D eigenvalue weighted by Crippen LogP contribution is 2.18. The molecule has 0 amide bonds. The molecule has 3 N–H and O–H groups in total. The van der Waals surface area contributed by atoms with Crippen LogP contribution in [0, 0.1) is 0 Å². The second-order valence-electron chi connectivity index (χ2n) is 4.54. The summed E-state index contributed by atoms with van der Waals surface area (Å²) in [6.07, 6.45) is 4.38. The van der Waals surface area contributed by atoms with Crippen molar-refractivity contribution in [2.45, 2.75) is 31.0 Å². The molecule has 0 saturated carbocycles. The van der Waals surface area contributed by atoms with Gasteiger partial charge < -0.3 is 16.0 Å². The van der Waals surface area contributed by atoms with Crippen LogP contribution in [-0.4, -0.2) is 46.8 Å². The molecule has 2 rings (SSSR count). The molecule has 1 fully saturated rings. The number of hydrogen-bond acceptors (Lipinski definition) is 6. The molecule has 0 aromatic carbocycles. The van der Waals surface area contributed by atoms with E-state index in [0.717, 1.165) is 24.1 Å². The monoisotopic (exact) mass is 267 g/mol. The van der Waals surface area contributed by atoms with Crippen LogP contribution in [0.1, 0.15) is 19.8 Å². The Labute approximate surface area is 113 Å². The fourth-order valence-corrected chi connectivity index (χ4v) is 2.66. The van der Waals surface area contributed by atoms with Crippen LogP contribution in [0.4, 0.5) is 11.6 Å². The van der Waals surface area contributed by atoms with Crippen LogP contribution in [0.15, 0.2) is 11.2 Å². The average Bonchev–Trinajstić information content (AvgIpc) is 2.38. The molecule has 0 aliphatic carbocycles. The van der Waals surface area contributed by atoms with Gasteiger partial charge in [-0.1, -0.05) is 18.7 Å². The molecule has 0 bridgehead atoms. The first kappa shape index (κ1) is 13.4. The maximum absolute atomic E-state index is 5.78. The van der Waals surface area contributed by atoms with Crippen LogP contribution >= 0.6 is 11.8 Å². The second kappa shape index (κ2) is 6.24. The number of nitrogens with zero attached hydrogens (tertiary/aromatic N) is 3. The first-order valence-corrected chi connectivity index (χ1v) is 7.61. The van der Waals surface area contributed by atoms with E-state index in [0.29, 0.717) is 11.9 Å². The van der Waals surface area contributed by atoms with E-state index in [1.165, 1.54) is 31.1 Å². The third kappa shape index (κ3) is 3.49. The number of anilines is 2. The molecule has 18 heavy (non-hydrogen) atoms. The van der Waals surface area contributed by atoms with E-state index < -0.39 is 0 Å². The average molecular weight is 267 g/mol. The Morgan fingerprint density at radius 3 is 3.11 bits per heavy atom. The molecule has 1 unspecified atom stereocenters. The molecule has 0 radical (unpaired) electrons. The number of thioether (sulfide) groups is 1. The lowest BCUT2D eigenvalue weighted by Crippen LogP contribution is -2.42. The van der Waals surface area contributed by atoms with Crippen LogP contribution in [0.2, 0.25) is 0 Å². The van der Waals surface area contributed by atoms with Crippen molar-refractivity contribution in [2.75, 3.05) is 36.9 Å². The molecule has 1 aliphatic heterocycles. The molecule has 0 spiro atoms. The predicted molar refractivity (Wildman–Crippen MR) is 77.0 cm³/mol. The Morgan fingerprint density at radius 1 is 1.56 bits per heavy atom. The van der Waals surface area contributed by atoms with Gasteiger partial charge in [0.1, 0.15) is 11.6 Å². The molecule has 1 aromatic rings. The summed E-state index contributed by atoms with van der Waals surface area (Å²) in [6.45, 7) is 5.60. The van der Waals surface area contributed by atoms with Crippen molar-refractivity contribution >= 4 is 23.4 Å². The number of nitrogens with one attached hydrogen (secondary N) is 1. The third-order valence-electron chi connectivity index (χ3n) is 3.21. The summed E-state index contributed by atoms with van der Waals surface area (Å²) < 4.78 is 0. The zero-order valence-electron chi connectivity index (χ0n) is 11.0. The smallest absolute Gasteiger partial charge is 0.191 e. The maximum atomic E-state index is 5.78. The van der Waals surface area contributed by atoms with Gasteiger partial charge >= 0.3 is 0 Å². The van der Waals surface area contributed by atoms with E-state index >= 15 is 0 Å². The number of rotatable bonds is 4. The van der Waals surface area contributed by atoms with Crippen molar-refractivity contribution in [3.63, 3.8) is 0 Å². The first-order valence-electron chi connectivity index (χ1n) is 6.38. The highest BCUT2D eigenvalue weighted by molar-refractivity contribution is 7.98. The van der Waals surface area contributed by atoms with E-state index in [1.807, 2.05) is 12.3 Å². The summed E-state index contributed by atoms with van der Waals surface area (Å²) in [5.74, 6) is 1.37. The zero-order valence-corrected chi connectivity index (χ0v) is 11.8. The lowest BCUT2D eigenvalue weighted by molar-refractivity contribution is 0.226. The van der Waals surface area contributed by atoms with E-state index in [4.69, 9.17) is 5.73 Å². The molecular formula is C12H21N5S. The largest absolute Gasteiger partial charge is 0.383 e. The summed E-state index contributed by atoms with van der Waals surface area (Å²) in [7, 11) is 0. The number of likely N-dealkylation sites (tertiary alicyclic amines) is 1. The minimum absolute atomic E-state index is 0.461. The number of aromatic nitrogens is 2. The Kier molecular flexibility index (Phi) is 4.66. The van der Waals surface area contributed by atoms with E-state index in [1.54, 1.807) is 0 Å². The van der Waals surface area contributed by atoms with Crippen molar-refractivity contribution in [3.05, 3.63) is 6.07 Å². The zero-order chi connectivity index (χ0) is 13.0. The Morgan fingerprint density at radius 2 is 2.39 bits per heavy atom. The number of nitrogen functional groups attached to an aromatic ring is 1. The fraction of sp³-hybridized carbons (Fsp3) is 0.667. The number of hydrogen-bond donors (Lipinski definition) is 2. The van der Waals surface area contributed by atoms with Gasteiger partial charge in [-0.05, 0) is 32.2 Å². The lowest BCUT2D eigenvalue weighted by Gasteiger charge is -2.32. The van der Waals surface area contributed by atoms with Crippen LogP contribution in [-0.2, 0) is 0 Å². The minimum Gasteiger partial charge on any atom is -0.383 e. The van der Waals surface area contributed by atoms with Gasteiger partial charge in [-0.2, -0.15) is 0 Å². The summed E-state index contributed by atoms with van der Waals surface area (Å²) in [6, 6.07) is 2.27. The Hall–Kier alpha value is -1.01. The van der Waals surface area contributed by atoms with Crippen LogP contribution < -0.4 is 11.1 Å². The van der Waals surface area contributed by atoms with Crippen LogP contribution in [0.25, 0.3) is 0 Å². The fourth-order valence-electron chi connectivity index (χ4n) is 2.28. The van der Waals surface area contributed by atoms with Crippen molar-refractivity contribution in [2.24, 2.45) is 0 Å². The molecule has 6 heteroatoms. The van der Waals surface area contributed by atoms with Crippen molar-refractivity contribution < 1.29 is 0 Å². The number of piperidine rings is 1. The molecule has 5 nitrogen and oxygen atoms in total. The quantitative estimate of drug-likeness (QED) is 0.639. The molecule has 100 valence electrons. The summed E-state index contributed by atoms with van der Waals surface area (Å²) in [4.78, 5) is 11.1. The normalized spacial score (nSPS) is 20.9. The Bertz CT molecular complexity index is 398. The highest BCUT2D eigenvalue weighted by Gasteiger charge is 2.19. The van der Waals surface area contributed by atoms with E-state index in [2.05, 4.69) is 27.1 Å². The predicted octanol–water partition coefficient (Wildman–Crippen LogP) is 1.68. The van der Waals surface area contributed by atoms with Gasteiger partial charge in [0.05, 0.1) is 0 Å².